The summed E-state index contributed by atoms with van der Waals surface area (Å²) in [5.41, 5.74) is 0. The normalized spacial score (nSPS) is 28.9. The number of hydrogen-bond donors (Lipinski definition) is 1. The molecule has 0 aliphatic carbocycles. The first kappa shape index (κ1) is 17.6. The van der Waals surface area contributed by atoms with E-state index in [0.717, 1.165) is 43.3 Å². The van der Waals surface area contributed by atoms with E-state index in [0.29, 0.717) is 0 Å². The Morgan fingerprint density at radius 1 is 1.14 bits per heavy atom. The third kappa shape index (κ3) is 5.15. The molecule has 2 saturated heterocycles. The van der Waals surface area contributed by atoms with Gasteiger partial charge in [-0.2, -0.15) is 0 Å². The van der Waals surface area contributed by atoms with Crippen LogP contribution in [0.2, 0.25) is 0 Å². The fourth-order valence-corrected chi connectivity index (χ4v) is 4.13. The van der Waals surface area contributed by atoms with Crippen LogP contribution in [0, 0.1) is 17.8 Å². The molecule has 0 aromatic rings. The quantitative estimate of drug-likeness (QED) is 0.640. The van der Waals surface area contributed by atoms with E-state index >= 15 is 0 Å². The molecule has 22 heavy (non-hydrogen) atoms. The largest absolute Gasteiger partial charge is 0.356 e. The summed E-state index contributed by atoms with van der Waals surface area (Å²) in [6, 6.07) is 0. The van der Waals surface area contributed by atoms with Crippen molar-refractivity contribution in [3.05, 3.63) is 0 Å². The topological polar surface area (TPSA) is 30.9 Å². The minimum atomic E-state index is 0.777. The van der Waals surface area contributed by atoms with Crippen molar-refractivity contribution in [3.63, 3.8) is 0 Å². The van der Waals surface area contributed by atoms with E-state index in [1.165, 1.54) is 45.3 Å². The highest BCUT2D eigenvalue weighted by Crippen LogP contribution is 2.21. The van der Waals surface area contributed by atoms with Crippen molar-refractivity contribution < 1.29 is 0 Å². The van der Waals surface area contributed by atoms with Gasteiger partial charge in [-0.3, -0.25) is 4.99 Å². The van der Waals surface area contributed by atoms with Crippen LogP contribution in [0.15, 0.2) is 4.99 Å². The number of aliphatic imine (C=N–C) groups is 1. The molecule has 0 bridgehead atoms. The molecule has 2 atom stereocenters. The molecule has 4 heteroatoms. The zero-order valence-corrected chi connectivity index (χ0v) is 15.1. The van der Waals surface area contributed by atoms with Crippen molar-refractivity contribution in [1.82, 2.24) is 15.1 Å². The molecule has 2 fully saturated rings. The van der Waals surface area contributed by atoms with Gasteiger partial charge in [0.05, 0.1) is 0 Å². The Morgan fingerprint density at radius 3 is 2.32 bits per heavy atom. The molecule has 0 aromatic carbocycles. The Morgan fingerprint density at radius 2 is 1.77 bits per heavy atom. The standard InChI is InChI=1S/C18H36N4/c1-5-8-21-9-6-17(7-10-21)12-20-18(19-4)22-13-15(2)11-16(3)14-22/h15-17H,5-14H2,1-4H3,(H,19,20). The number of hydrogen-bond acceptors (Lipinski definition) is 2. The first-order chi connectivity index (χ1) is 10.6. The molecule has 2 unspecified atom stereocenters. The lowest BCUT2D eigenvalue weighted by molar-refractivity contribution is 0.181. The number of nitrogens with one attached hydrogen (secondary N) is 1. The molecule has 2 aliphatic heterocycles. The summed E-state index contributed by atoms with van der Waals surface area (Å²) >= 11 is 0. The van der Waals surface area contributed by atoms with Gasteiger partial charge in [-0.1, -0.05) is 20.8 Å². The van der Waals surface area contributed by atoms with Crippen molar-refractivity contribution in [2.45, 2.75) is 46.5 Å². The Hall–Kier alpha value is -0.770. The maximum Gasteiger partial charge on any atom is 0.193 e. The Labute approximate surface area is 137 Å². The van der Waals surface area contributed by atoms with E-state index in [1.54, 1.807) is 0 Å². The number of rotatable bonds is 4. The zero-order chi connectivity index (χ0) is 15.9. The van der Waals surface area contributed by atoms with Gasteiger partial charge in [0, 0.05) is 26.7 Å². The van der Waals surface area contributed by atoms with E-state index in [1.807, 2.05) is 7.05 Å². The van der Waals surface area contributed by atoms with Crippen LogP contribution in [-0.4, -0.2) is 62.1 Å². The third-order valence-corrected chi connectivity index (χ3v) is 5.18. The van der Waals surface area contributed by atoms with Crippen molar-refractivity contribution in [2.24, 2.45) is 22.7 Å². The van der Waals surface area contributed by atoms with Crippen LogP contribution < -0.4 is 5.32 Å². The molecule has 128 valence electrons. The SMILES string of the molecule is CCCN1CCC(CNC(=NC)N2CC(C)CC(C)C2)CC1. The van der Waals surface area contributed by atoms with E-state index in [4.69, 9.17) is 0 Å². The second-order valence-electron chi connectivity index (χ2n) is 7.56. The van der Waals surface area contributed by atoms with Crippen molar-refractivity contribution in [1.29, 1.82) is 0 Å². The van der Waals surface area contributed by atoms with Gasteiger partial charge in [-0.05, 0) is 63.1 Å². The fraction of sp³-hybridized carbons (Fsp3) is 0.944. The fourth-order valence-electron chi connectivity index (χ4n) is 4.13. The Kier molecular flexibility index (Phi) is 7.00. The van der Waals surface area contributed by atoms with Crippen LogP contribution in [0.3, 0.4) is 0 Å². The smallest absolute Gasteiger partial charge is 0.193 e. The molecule has 1 N–H and O–H groups in total. The highest BCUT2D eigenvalue weighted by molar-refractivity contribution is 5.80. The van der Waals surface area contributed by atoms with Gasteiger partial charge >= 0.3 is 0 Å². The van der Waals surface area contributed by atoms with Crippen LogP contribution in [0.1, 0.15) is 46.5 Å². The van der Waals surface area contributed by atoms with Gasteiger partial charge in [0.15, 0.2) is 5.96 Å². The average Bonchev–Trinajstić information content (AvgIpc) is 2.49. The predicted molar refractivity (Wildman–Crippen MR) is 95.3 cm³/mol. The first-order valence-corrected chi connectivity index (χ1v) is 9.30. The van der Waals surface area contributed by atoms with Crippen LogP contribution in [0.5, 0.6) is 0 Å². The summed E-state index contributed by atoms with van der Waals surface area (Å²) in [6.07, 6.45) is 5.29. The molecular weight excluding hydrogens is 272 g/mol. The van der Waals surface area contributed by atoms with Gasteiger partial charge < -0.3 is 15.1 Å². The van der Waals surface area contributed by atoms with E-state index < -0.39 is 0 Å². The second kappa shape index (κ2) is 8.76. The van der Waals surface area contributed by atoms with Crippen LogP contribution >= 0.6 is 0 Å². The summed E-state index contributed by atoms with van der Waals surface area (Å²) in [4.78, 5) is 9.60. The van der Waals surface area contributed by atoms with Gasteiger partial charge in [0.2, 0.25) is 0 Å². The minimum absolute atomic E-state index is 0.777. The van der Waals surface area contributed by atoms with Crippen molar-refractivity contribution >= 4 is 5.96 Å². The number of piperidine rings is 2. The monoisotopic (exact) mass is 308 g/mol. The van der Waals surface area contributed by atoms with Gasteiger partial charge in [-0.15, -0.1) is 0 Å². The molecule has 4 nitrogen and oxygen atoms in total. The summed E-state index contributed by atoms with van der Waals surface area (Å²) in [7, 11) is 1.93. The van der Waals surface area contributed by atoms with Crippen LogP contribution in [0.25, 0.3) is 0 Å². The van der Waals surface area contributed by atoms with Crippen LogP contribution in [0.4, 0.5) is 0 Å². The molecule has 0 radical (unpaired) electrons. The molecule has 0 amide bonds. The molecule has 2 aliphatic rings. The van der Waals surface area contributed by atoms with Crippen molar-refractivity contribution in [2.75, 3.05) is 46.3 Å². The maximum atomic E-state index is 4.53. The first-order valence-electron chi connectivity index (χ1n) is 9.30. The maximum absolute atomic E-state index is 4.53. The minimum Gasteiger partial charge on any atom is -0.356 e. The molecular formula is C18H36N4. The highest BCUT2D eigenvalue weighted by Gasteiger charge is 2.25. The average molecular weight is 309 g/mol. The lowest BCUT2D eigenvalue weighted by atomic mass is 9.92. The van der Waals surface area contributed by atoms with Crippen molar-refractivity contribution in [3.8, 4) is 0 Å². The molecule has 2 rings (SSSR count). The molecule has 0 saturated carbocycles. The van der Waals surface area contributed by atoms with E-state index in [-0.39, 0.29) is 0 Å². The summed E-state index contributed by atoms with van der Waals surface area (Å²) < 4.78 is 0. The molecule has 0 aromatic heterocycles. The Balaban J connectivity index is 1.75. The van der Waals surface area contributed by atoms with Gasteiger partial charge in [-0.25, -0.2) is 0 Å². The number of nitrogens with zero attached hydrogens (tertiary/aromatic N) is 3. The lowest BCUT2D eigenvalue weighted by Gasteiger charge is -2.38. The summed E-state index contributed by atoms with van der Waals surface area (Å²) in [5, 5.41) is 3.65. The zero-order valence-electron chi connectivity index (χ0n) is 15.1. The predicted octanol–water partition coefficient (Wildman–Crippen LogP) is 2.66. The highest BCUT2D eigenvalue weighted by atomic mass is 15.3. The lowest BCUT2D eigenvalue weighted by Crippen LogP contribution is -2.50. The molecule has 2 heterocycles. The second-order valence-corrected chi connectivity index (χ2v) is 7.56. The Bertz CT molecular complexity index is 337. The van der Waals surface area contributed by atoms with E-state index in [9.17, 15) is 0 Å². The van der Waals surface area contributed by atoms with E-state index in [2.05, 4.69) is 40.9 Å². The third-order valence-electron chi connectivity index (χ3n) is 5.18. The summed E-state index contributed by atoms with van der Waals surface area (Å²) in [6.45, 7) is 14.2. The summed E-state index contributed by atoms with van der Waals surface area (Å²) in [5.74, 6) is 3.48. The number of likely N-dealkylation sites (tertiary alicyclic amines) is 2. The van der Waals surface area contributed by atoms with Gasteiger partial charge in [0.25, 0.3) is 0 Å². The molecule has 0 spiro atoms. The van der Waals surface area contributed by atoms with Gasteiger partial charge in [0.1, 0.15) is 0 Å². The van der Waals surface area contributed by atoms with Crippen LogP contribution in [-0.2, 0) is 0 Å². The number of guanidine groups is 1.